The number of aryl methyl sites for hydroxylation is 1. The SMILES string of the molecule is CCCCOc1ccccc1CN1C(=O)C2(OCCCO2)c2cccc(C)c21. The van der Waals surface area contributed by atoms with Crippen molar-refractivity contribution < 1.29 is 19.0 Å². The molecular formula is C23H27NO4. The highest BCUT2D eigenvalue weighted by atomic mass is 16.7. The monoisotopic (exact) mass is 381 g/mol. The van der Waals surface area contributed by atoms with Crippen molar-refractivity contribution in [3.05, 3.63) is 59.2 Å². The van der Waals surface area contributed by atoms with E-state index in [1.807, 2.05) is 49.4 Å². The van der Waals surface area contributed by atoms with Gasteiger partial charge in [0.1, 0.15) is 5.75 Å². The van der Waals surface area contributed by atoms with Crippen LogP contribution in [0.2, 0.25) is 0 Å². The van der Waals surface area contributed by atoms with Crippen molar-refractivity contribution in [1.82, 2.24) is 0 Å². The van der Waals surface area contributed by atoms with Crippen molar-refractivity contribution in [2.45, 2.75) is 45.4 Å². The van der Waals surface area contributed by atoms with Crippen LogP contribution in [-0.4, -0.2) is 25.7 Å². The number of rotatable bonds is 6. The van der Waals surface area contributed by atoms with Crippen molar-refractivity contribution in [2.75, 3.05) is 24.7 Å². The molecule has 1 spiro atoms. The fraction of sp³-hybridized carbons (Fsp3) is 0.435. The van der Waals surface area contributed by atoms with Crippen LogP contribution < -0.4 is 9.64 Å². The number of unbranched alkanes of at least 4 members (excludes halogenated alkanes) is 1. The number of carbonyl (C=O) groups is 1. The van der Waals surface area contributed by atoms with Crippen molar-refractivity contribution >= 4 is 11.6 Å². The van der Waals surface area contributed by atoms with E-state index in [1.54, 1.807) is 4.90 Å². The predicted octanol–water partition coefficient (Wildman–Crippen LogP) is 4.31. The number of amides is 1. The van der Waals surface area contributed by atoms with Crippen LogP contribution in [0, 0.1) is 6.92 Å². The first-order valence-corrected chi connectivity index (χ1v) is 10.1. The zero-order valence-corrected chi connectivity index (χ0v) is 16.6. The molecule has 2 heterocycles. The van der Waals surface area contributed by atoms with Gasteiger partial charge in [-0.25, -0.2) is 0 Å². The van der Waals surface area contributed by atoms with Gasteiger partial charge >= 0.3 is 0 Å². The molecule has 0 atom stereocenters. The van der Waals surface area contributed by atoms with Crippen LogP contribution in [0.15, 0.2) is 42.5 Å². The first kappa shape index (κ1) is 19.0. The first-order chi connectivity index (χ1) is 13.7. The van der Waals surface area contributed by atoms with E-state index in [9.17, 15) is 4.79 Å². The minimum absolute atomic E-state index is 0.153. The highest BCUT2D eigenvalue weighted by Crippen LogP contribution is 2.47. The van der Waals surface area contributed by atoms with Gasteiger partial charge in [-0.3, -0.25) is 4.79 Å². The summed E-state index contributed by atoms with van der Waals surface area (Å²) in [5, 5.41) is 0. The Hall–Kier alpha value is -2.37. The fourth-order valence-electron chi connectivity index (χ4n) is 3.91. The Morgan fingerprint density at radius 1 is 1.11 bits per heavy atom. The van der Waals surface area contributed by atoms with E-state index in [4.69, 9.17) is 14.2 Å². The minimum Gasteiger partial charge on any atom is -0.493 e. The largest absolute Gasteiger partial charge is 0.493 e. The van der Waals surface area contributed by atoms with Gasteiger partial charge in [-0.1, -0.05) is 49.7 Å². The van der Waals surface area contributed by atoms with Gasteiger partial charge in [-0.05, 0) is 31.4 Å². The lowest BCUT2D eigenvalue weighted by Crippen LogP contribution is -2.47. The van der Waals surface area contributed by atoms with Gasteiger partial charge in [0.05, 0.1) is 32.1 Å². The number of benzene rings is 2. The molecule has 2 aliphatic rings. The second-order valence-electron chi connectivity index (χ2n) is 7.34. The van der Waals surface area contributed by atoms with E-state index in [-0.39, 0.29) is 5.91 Å². The maximum atomic E-state index is 13.5. The summed E-state index contributed by atoms with van der Waals surface area (Å²) in [6.45, 7) is 6.29. The molecule has 0 radical (unpaired) electrons. The van der Waals surface area contributed by atoms with Gasteiger partial charge in [0.2, 0.25) is 0 Å². The zero-order chi connectivity index (χ0) is 19.6. The number of hydrogen-bond donors (Lipinski definition) is 0. The van der Waals surface area contributed by atoms with E-state index in [0.717, 1.165) is 47.4 Å². The lowest BCUT2D eigenvalue weighted by atomic mass is 10.0. The van der Waals surface area contributed by atoms with Crippen molar-refractivity contribution in [3.63, 3.8) is 0 Å². The Bertz CT molecular complexity index is 857. The van der Waals surface area contributed by atoms with Crippen LogP contribution in [0.3, 0.4) is 0 Å². The molecule has 0 unspecified atom stereocenters. The summed E-state index contributed by atoms with van der Waals surface area (Å²) in [6.07, 6.45) is 2.88. The molecule has 2 aliphatic heterocycles. The molecule has 0 N–H and O–H groups in total. The molecule has 2 aromatic rings. The molecule has 148 valence electrons. The number of ether oxygens (including phenoxy) is 3. The highest BCUT2D eigenvalue weighted by Gasteiger charge is 2.55. The number of para-hydroxylation sites is 2. The summed E-state index contributed by atoms with van der Waals surface area (Å²) in [5.74, 6) is -0.636. The molecule has 1 saturated heterocycles. The number of anilines is 1. The van der Waals surface area contributed by atoms with Gasteiger partial charge in [-0.2, -0.15) is 0 Å². The van der Waals surface area contributed by atoms with Gasteiger partial charge in [-0.15, -0.1) is 0 Å². The van der Waals surface area contributed by atoms with Gasteiger partial charge in [0.15, 0.2) is 0 Å². The fourth-order valence-corrected chi connectivity index (χ4v) is 3.91. The summed E-state index contributed by atoms with van der Waals surface area (Å²) in [5.41, 5.74) is 3.71. The average molecular weight is 381 g/mol. The van der Waals surface area contributed by atoms with E-state index in [0.29, 0.717) is 26.4 Å². The van der Waals surface area contributed by atoms with E-state index >= 15 is 0 Å². The van der Waals surface area contributed by atoms with Gasteiger partial charge in [0.25, 0.3) is 11.7 Å². The quantitative estimate of drug-likeness (QED) is 0.700. The van der Waals surface area contributed by atoms with E-state index in [2.05, 4.69) is 6.92 Å². The van der Waals surface area contributed by atoms with Crippen molar-refractivity contribution in [3.8, 4) is 5.75 Å². The van der Waals surface area contributed by atoms with Crippen LogP contribution in [0.1, 0.15) is 42.9 Å². The van der Waals surface area contributed by atoms with Crippen LogP contribution in [-0.2, 0) is 26.6 Å². The van der Waals surface area contributed by atoms with Crippen LogP contribution in [0.5, 0.6) is 5.75 Å². The summed E-state index contributed by atoms with van der Waals surface area (Å²) in [7, 11) is 0. The normalized spacial score (nSPS) is 17.8. The molecule has 28 heavy (non-hydrogen) atoms. The minimum atomic E-state index is -1.31. The average Bonchev–Trinajstić information content (AvgIpc) is 2.94. The Morgan fingerprint density at radius 3 is 2.68 bits per heavy atom. The Balaban J connectivity index is 1.69. The summed E-state index contributed by atoms with van der Waals surface area (Å²) < 4.78 is 17.9. The van der Waals surface area contributed by atoms with Crippen molar-refractivity contribution in [2.24, 2.45) is 0 Å². The molecule has 5 heteroatoms. The molecule has 4 rings (SSSR count). The van der Waals surface area contributed by atoms with Crippen molar-refractivity contribution in [1.29, 1.82) is 0 Å². The molecule has 1 amide bonds. The molecule has 0 bridgehead atoms. The Morgan fingerprint density at radius 2 is 1.89 bits per heavy atom. The highest BCUT2D eigenvalue weighted by molar-refractivity contribution is 6.06. The third kappa shape index (κ3) is 3.19. The smallest absolute Gasteiger partial charge is 0.292 e. The summed E-state index contributed by atoms with van der Waals surface area (Å²) in [6, 6.07) is 13.8. The maximum absolute atomic E-state index is 13.5. The Labute approximate surface area is 166 Å². The number of fused-ring (bicyclic) bond motifs is 2. The van der Waals surface area contributed by atoms with Crippen LogP contribution in [0.25, 0.3) is 0 Å². The molecular weight excluding hydrogens is 354 g/mol. The summed E-state index contributed by atoms with van der Waals surface area (Å²) in [4.78, 5) is 15.3. The first-order valence-electron chi connectivity index (χ1n) is 10.1. The molecule has 1 fully saturated rings. The molecule has 0 aliphatic carbocycles. The molecule has 2 aromatic carbocycles. The van der Waals surface area contributed by atoms with E-state index in [1.165, 1.54) is 0 Å². The van der Waals surface area contributed by atoms with Crippen LogP contribution >= 0.6 is 0 Å². The van der Waals surface area contributed by atoms with Gasteiger partial charge in [0, 0.05) is 11.1 Å². The lowest BCUT2D eigenvalue weighted by Gasteiger charge is -2.32. The van der Waals surface area contributed by atoms with Gasteiger partial charge < -0.3 is 19.1 Å². The maximum Gasteiger partial charge on any atom is 0.292 e. The predicted molar refractivity (Wildman–Crippen MR) is 107 cm³/mol. The number of hydrogen-bond acceptors (Lipinski definition) is 4. The number of carbonyl (C=O) groups excluding carboxylic acids is 1. The molecule has 0 aromatic heterocycles. The third-order valence-electron chi connectivity index (χ3n) is 5.34. The lowest BCUT2D eigenvalue weighted by molar-refractivity contribution is -0.256. The third-order valence-corrected chi connectivity index (χ3v) is 5.34. The molecule has 0 saturated carbocycles. The standard InChI is InChI=1S/C23H27NO4/c1-3-4-13-26-20-12-6-5-10-18(20)16-24-21-17(2)9-7-11-19(21)23(22(24)25)27-14-8-15-28-23/h5-7,9-12H,3-4,8,13-16H2,1-2H3. The summed E-state index contributed by atoms with van der Waals surface area (Å²) >= 11 is 0. The number of nitrogens with zero attached hydrogens (tertiary/aromatic N) is 1. The second-order valence-corrected chi connectivity index (χ2v) is 7.34. The second kappa shape index (κ2) is 7.94. The molecule has 5 nitrogen and oxygen atoms in total. The Kier molecular flexibility index (Phi) is 5.38. The van der Waals surface area contributed by atoms with E-state index < -0.39 is 5.79 Å². The topological polar surface area (TPSA) is 48.0 Å². The zero-order valence-electron chi connectivity index (χ0n) is 16.6. The van der Waals surface area contributed by atoms with Crippen LogP contribution in [0.4, 0.5) is 5.69 Å².